The first-order chi connectivity index (χ1) is 7.03. The number of rotatable bonds is 4. The van der Waals surface area contributed by atoms with Gasteiger partial charge in [-0.15, -0.1) is 0 Å². The van der Waals surface area contributed by atoms with E-state index in [1.54, 1.807) is 0 Å². The molecule has 2 heteroatoms. The number of carbonyl (C=O) groups is 1. The largest absolute Gasteiger partial charge is 0.382 e. The molecule has 0 aromatic carbocycles. The normalized spacial score (nSPS) is 27.7. The van der Waals surface area contributed by atoms with Gasteiger partial charge in [-0.25, -0.2) is 0 Å². The molecule has 0 spiro atoms. The van der Waals surface area contributed by atoms with Gasteiger partial charge in [0.1, 0.15) is 5.60 Å². The van der Waals surface area contributed by atoms with Crippen LogP contribution < -0.4 is 0 Å². The monoisotopic (exact) mass is 212 g/mol. The Bertz CT molecular complexity index is 211. The van der Waals surface area contributed by atoms with Crippen molar-refractivity contribution in [2.24, 2.45) is 11.8 Å². The van der Waals surface area contributed by atoms with Gasteiger partial charge in [0.2, 0.25) is 0 Å². The highest BCUT2D eigenvalue weighted by atomic mass is 16.3. The smallest absolute Gasteiger partial charge is 0.167 e. The minimum atomic E-state index is -1.05. The highest BCUT2D eigenvalue weighted by Crippen LogP contribution is 2.33. The molecule has 1 N–H and O–H groups in total. The summed E-state index contributed by atoms with van der Waals surface area (Å²) in [6, 6.07) is 0. The molecule has 1 aliphatic carbocycles. The quantitative estimate of drug-likeness (QED) is 0.778. The molecule has 0 radical (unpaired) electrons. The van der Waals surface area contributed by atoms with Crippen LogP contribution in [0.3, 0.4) is 0 Å². The number of carbonyl (C=O) groups excluding carboxylic acids is 1. The van der Waals surface area contributed by atoms with Gasteiger partial charge in [0.05, 0.1) is 0 Å². The van der Waals surface area contributed by atoms with Gasteiger partial charge in [0, 0.05) is 5.92 Å². The van der Waals surface area contributed by atoms with Gasteiger partial charge in [-0.2, -0.15) is 0 Å². The first-order valence-electron chi connectivity index (χ1n) is 6.30. The molecule has 1 aliphatic rings. The van der Waals surface area contributed by atoms with Crippen LogP contribution in [0.1, 0.15) is 59.3 Å². The zero-order valence-electron chi connectivity index (χ0n) is 10.3. The van der Waals surface area contributed by atoms with Crippen molar-refractivity contribution in [3.63, 3.8) is 0 Å². The molecule has 1 fully saturated rings. The Morgan fingerprint density at radius 1 is 1.20 bits per heavy atom. The summed E-state index contributed by atoms with van der Waals surface area (Å²) in [6.07, 6.45) is 5.33. The van der Waals surface area contributed by atoms with Crippen molar-refractivity contribution in [3.05, 3.63) is 0 Å². The van der Waals surface area contributed by atoms with E-state index in [0.29, 0.717) is 12.8 Å². The Labute approximate surface area is 93.1 Å². The van der Waals surface area contributed by atoms with Gasteiger partial charge in [-0.3, -0.25) is 4.79 Å². The summed E-state index contributed by atoms with van der Waals surface area (Å²) in [6.45, 7) is 6.03. The third-order valence-electron chi connectivity index (χ3n) is 4.02. The second kappa shape index (κ2) is 5.11. The van der Waals surface area contributed by atoms with Crippen LogP contribution >= 0.6 is 0 Å². The number of ketones is 1. The van der Waals surface area contributed by atoms with Crippen LogP contribution in [0.25, 0.3) is 0 Å². The van der Waals surface area contributed by atoms with Crippen molar-refractivity contribution in [2.75, 3.05) is 0 Å². The van der Waals surface area contributed by atoms with Crippen molar-refractivity contribution in [3.8, 4) is 0 Å². The van der Waals surface area contributed by atoms with Gasteiger partial charge in [-0.05, 0) is 31.6 Å². The molecule has 0 atom stereocenters. The summed E-state index contributed by atoms with van der Waals surface area (Å²) < 4.78 is 0. The molecule has 0 saturated heterocycles. The highest BCUT2D eigenvalue weighted by molar-refractivity contribution is 5.89. The summed E-state index contributed by atoms with van der Waals surface area (Å²) >= 11 is 0. The van der Waals surface area contributed by atoms with Crippen LogP contribution in [-0.2, 0) is 4.79 Å². The summed E-state index contributed by atoms with van der Waals surface area (Å²) in [5, 5.41) is 10.2. The second-order valence-electron chi connectivity index (χ2n) is 5.06. The van der Waals surface area contributed by atoms with Crippen molar-refractivity contribution in [1.29, 1.82) is 0 Å². The van der Waals surface area contributed by atoms with E-state index in [-0.39, 0.29) is 11.7 Å². The maximum Gasteiger partial charge on any atom is 0.167 e. The SMILES string of the molecule is CCC(O)(CC)C(=O)C1CCC(C)CC1. The van der Waals surface area contributed by atoms with E-state index in [4.69, 9.17) is 0 Å². The standard InChI is InChI=1S/C13H24O2/c1-4-13(15,5-2)12(14)11-8-6-10(3)7-9-11/h10-11,15H,4-9H2,1-3H3. The van der Waals surface area contributed by atoms with E-state index in [0.717, 1.165) is 31.6 Å². The third-order valence-corrected chi connectivity index (χ3v) is 4.02. The maximum absolute atomic E-state index is 12.1. The summed E-state index contributed by atoms with van der Waals surface area (Å²) in [4.78, 5) is 12.1. The molecule has 15 heavy (non-hydrogen) atoms. The zero-order chi connectivity index (χ0) is 11.5. The lowest BCUT2D eigenvalue weighted by atomic mass is 9.75. The van der Waals surface area contributed by atoms with E-state index in [1.807, 2.05) is 13.8 Å². The topological polar surface area (TPSA) is 37.3 Å². The average Bonchev–Trinajstić information content (AvgIpc) is 2.28. The molecular formula is C13H24O2. The molecule has 0 amide bonds. The fourth-order valence-electron chi connectivity index (χ4n) is 2.50. The molecule has 88 valence electrons. The predicted octanol–water partition coefficient (Wildman–Crippen LogP) is 2.93. The van der Waals surface area contributed by atoms with Gasteiger partial charge in [0.25, 0.3) is 0 Å². The van der Waals surface area contributed by atoms with Crippen LogP contribution in [-0.4, -0.2) is 16.5 Å². The molecule has 0 unspecified atom stereocenters. The first-order valence-corrected chi connectivity index (χ1v) is 6.30. The Kier molecular flexibility index (Phi) is 4.32. The fraction of sp³-hybridized carbons (Fsp3) is 0.923. The lowest BCUT2D eigenvalue weighted by molar-refractivity contribution is -0.143. The average molecular weight is 212 g/mol. The van der Waals surface area contributed by atoms with Crippen molar-refractivity contribution < 1.29 is 9.90 Å². The minimum absolute atomic E-state index is 0.0967. The third kappa shape index (κ3) is 2.81. The van der Waals surface area contributed by atoms with Crippen LogP contribution in [0.2, 0.25) is 0 Å². The number of aliphatic hydroxyl groups is 1. The van der Waals surface area contributed by atoms with E-state index in [2.05, 4.69) is 6.92 Å². The molecule has 0 aromatic rings. The maximum atomic E-state index is 12.1. The van der Waals surface area contributed by atoms with Crippen LogP contribution in [0, 0.1) is 11.8 Å². The number of hydrogen-bond donors (Lipinski definition) is 1. The Morgan fingerprint density at radius 2 is 1.67 bits per heavy atom. The van der Waals surface area contributed by atoms with Gasteiger partial charge in [-0.1, -0.05) is 33.6 Å². The van der Waals surface area contributed by atoms with E-state index >= 15 is 0 Å². The fourth-order valence-corrected chi connectivity index (χ4v) is 2.50. The number of hydrogen-bond acceptors (Lipinski definition) is 2. The molecule has 1 saturated carbocycles. The summed E-state index contributed by atoms with van der Waals surface area (Å²) in [5.74, 6) is 0.968. The van der Waals surface area contributed by atoms with Crippen molar-refractivity contribution >= 4 is 5.78 Å². The summed E-state index contributed by atoms with van der Waals surface area (Å²) in [5.41, 5.74) is -1.05. The Morgan fingerprint density at radius 3 is 2.07 bits per heavy atom. The van der Waals surface area contributed by atoms with E-state index in [1.165, 1.54) is 0 Å². The minimum Gasteiger partial charge on any atom is -0.382 e. The zero-order valence-corrected chi connectivity index (χ0v) is 10.3. The highest BCUT2D eigenvalue weighted by Gasteiger charge is 2.37. The Hall–Kier alpha value is -0.370. The molecule has 1 rings (SSSR count). The Balaban J connectivity index is 2.60. The lowest BCUT2D eigenvalue weighted by Gasteiger charge is -2.32. The molecule has 0 heterocycles. The molecule has 0 aromatic heterocycles. The first kappa shape index (κ1) is 12.7. The van der Waals surface area contributed by atoms with E-state index in [9.17, 15) is 9.90 Å². The van der Waals surface area contributed by atoms with Crippen LogP contribution in [0.4, 0.5) is 0 Å². The molecular weight excluding hydrogens is 188 g/mol. The van der Waals surface area contributed by atoms with Gasteiger partial charge >= 0.3 is 0 Å². The molecule has 2 nitrogen and oxygen atoms in total. The van der Waals surface area contributed by atoms with Gasteiger partial charge < -0.3 is 5.11 Å². The summed E-state index contributed by atoms with van der Waals surface area (Å²) in [7, 11) is 0. The molecule has 0 aliphatic heterocycles. The predicted molar refractivity (Wildman–Crippen MR) is 61.7 cm³/mol. The van der Waals surface area contributed by atoms with Crippen molar-refractivity contribution in [2.45, 2.75) is 64.9 Å². The van der Waals surface area contributed by atoms with Crippen LogP contribution in [0.5, 0.6) is 0 Å². The van der Waals surface area contributed by atoms with Gasteiger partial charge in [0.15, 0.2) is 5.78 Å². The lowest BCUT2D eigenvalue weighted by Crippen LogP contribution is -2.42. The van der Waals surface area contributed by atoms with Crippen LogP contribution in [0.15, 0.2) is 0 Å². The second-order valence-corrected chi connectivity index (χ2v) is 5.06. The molecule has 0 bridgehead atoms. The van der Waals surface area contributed by atoms with Crippen molar-refractivity contribution in [1.82, 2.24) is 0 Å². The number of Topliss-reactive ketones (excluding diaryl/α,β-unsaturated/α-hetero) is 1. The van der Waals surface area contributed by atoms with E-state index < -0.39 is 5.60 Å².